The van der Waals surface area contributed by atoms with Crippen molar-refractivity contribution < 1.29 is 9.18 Å². The van der Waals surface area contributed by atoms with E-state index in [1.807, 2.05) is 0 Å². The highest BCUT2D eigenvalue weighted by Gasteiger charge is 2.34. The van der Waals surface area contributed by atoms with Crippen molar-refractivity contribution in [3.8, 4) is 0 Å². The summed E-state index contributed by atoms with van der Waals surface area (Å²) in [5, 5.41) is 12.4. The van der Waals surface area contributed by atoms with Crippen LogP contribution in [-0.4, -0.2) is 17.9 Å². The molecule has 0 bridgehead atoms. The van der Waals surface area contributed by atoms with Crippen molar-refractivity contribution in [1.29, 1.82) is 5.41 Å². The molecule has 1 atom stereocenters. The maximum atomic E-state index is 13.3. The number of carbonyl (C=O) groups excluding carboxylic acids is 1. The summed E-state index contributed by atoms with van der Waals surface area (Å²) in [7, 11) is 0. The van der Waals surface area contributed by atoms with Crippen molar-refractivity contribution in [3.63, 3.8) is 0 Å². The summed E-state index contributed by atoms with van der Waals surface area (Å²) in [5.41, 5.74) is 5.52. The van der Waals surface area contributed by atoms with Gasteiger partial charge in [0, 0.05) is 0 Å². The molecule has 1 aliphatic carbocycles. The molecule has 0 heterocycles. The van der Waals surface area contributed by atoms with Crippen LogP contribution in [0.25, 0.3) is 0 Å². The lowest BCUT2D eigenvalue weighted by Gasteiger charge is -2.17. The molecule has 0 radical (unpaired) electrons. The first-order valence-electron chi connectivity index (χ1n) is 5.74. The fourth-order valence-corrected chi connectivity index (χ4v) is 1.74. The molecule has 0 spiro atoms. The normalized spacial score (nSPS) is 15.8. The van der Waals surface area contributed by atoms with Crippen molar-refractivity contribution in [2.45, 2.75) is 18.9 Å². The Bertz CT molecular complexity index is 473. The van der Waals surface area contributed by atoms with Crippen LogP contribution in [0.5, 0.6) is 0 Å². The number of halogens is 1. The highest BCUT2D eigenvalue weighted by molar-refractivity contribution is 5.94. The number of nitrogens with two attached hydrogens (primary N) is 1. The molecule has 0 saturated heterocycles. The molecule has 1 saturated carbocycles. The van der Waals surface area contributed by atoms with Crippen LogP contribution in [0.4, 0.5) is 14.9 Å². The lowest BCUT2D eigenvalue weighted by molar-refractivity contribution is 0.249. The number of anilines is 1. The van der Waals surface area contributed by atoms with Gasteiger partial charge in [0.15, 0.2) is 0 Å². The Kier molecular flexibility index (Phi) is 3.45. The number of carbonyl (C=O) groups is 1. The van der Waals surface area contributed by atoms with Crippen molar-refractivity contribution in [3.05, 3.63) is 30.1 Å². The van der Waals surface area contributed by atoms with Gasteiger partial charge in [-0.25, -0.2) is 9.18 Å². The Morgan fingerprint density at radius 1 is 1.44 bits per heavy atom. The predicted molar refractivity (Wildman–Crippen MR) is 67.0 cm³/mol. The van der Waals surface area contributed by atoms with E-state index in [2.05, 4.69) is 10.6 Å². The van der Waals surface area contributed by atoms with Gasteiger partial charge in [-0.15, -0.1) is 0 Å². The molecule has 0 aliphatic heterocycles. The highest BCUT2D eigenvalue weighted by Crippen LogP contribution is 2.32. The minimum absolute atomic E-state index is 0.0683. The van der Waals surface area contributed by atoms with Crippen molar-refractivity contribution in [2.75, 3.05) is 5.32 Å². The molecule has 6 heteroatoms. The molecule has 96 valence electrons. The summed E-state index contributed by atoms with van der Waals surface area (Å²) in [6.45, 7) is 0. The summed E-state index contributed by atoms with van der Waals surface area (Å²) in [5.74, 6) is -0.339. The zero-order valence-corrected chi connectivity index (χ0v) is 9.74. The van der Waals surface area contributed by atoms with Crippen LogP contribution < -0.4 is 16.4 Å². The van der Waals surface area contributed by atoms with E-state index in [0.29, 0.717) is 0 Å². The number of urea groups is 1. The van der Waals surface area contributed by atoms with Crippen LogP contribution in [0.2, 0.25) is 0 Å². The first-order valence-corrected chi connectivity index (χ1v) is 5.74. The van der Waals surface area contributed by atoms with Crippen molar-refractivity contribution >= 4 is 17.6 Å². The van der Waals surface area contributed by atoms with Gasteiger partial charge in [0.05, 0.1) is 11.7 Å². The van der Waals surface area contributed by atoms with Gasteiger partial charge in [-0.1, -0.05) is 12.1 Å². The van der Waals surface area contributed by atoms with Crippen LogP contribution in [0.1, 0.15) is 12.8 Å². The van der Waals surface area contributed by atoms with Gasteiger partial charge in [-0.3, -0.25) is 5.41 Å². The largest absolute Gasteiger partial charge is 0.386 e. The first-order chi connectivity index (χ1) is 8.58. The molecule has 5 N–H and O–H groups in total. The van der Waals surface area contributed by atoms with Crippen LogP contribution in [0.3, 0.4) is 0 Å². The topological polar surface area (TPSA) is 91.0 Å². The van der Waals surface area contributed by atoms with Crippen LogP contribution in [0, 0.1) is 17.1 Å². The third-order valence-corrected chi connectivity index (χ3v) is 2.84. The summed E-state index contributed by atoms with van der Waals surface area (Å²) in [4.78, 5) is 11.7. The molecule has 1 fully saturated rings. The molecular formula is C12H15FN4O. The van der Waals surface area contributed by atoms with E-state index >= 15 is 0 Å². The molecule has 0 aromatic heterocycles. The number of rotatable bonds is 4. The predicted octanol–water partition coefficient (Wildman–Crippen LogP) is 1.66. The fraction of sp³-hybridized carbons (Fsp3) is 0.333. The number of para-hydroxylation sites is 1. The van der Waals surface area contributed by atoms with Gasteiger partial charge in [-0.2, -0.15) is 0 Å². The smallest absolute Gasteiger partial charge is 0.319 e. The van der Waals surface area contributed by atoms with E-state index < -0.39 is 17.9 Å². The van der Waals surface area contributed by atoms with E-state index in [0.717, 1.165) is 12.8 Å². The lowest BCUT2D eigenvalue weighted by atomic mass is 10.2. The highest BCUT2D eigenvalue weighted by atomic mass is 19.1. The van der Waals surface area contributed by atoms with Gasteiger partial charge in [-0.05, 0) is 30.9 Å². The maximum Gasteiger partial charge on any atom is 0.319 e. The number of hydrogen-bond acceptors (Lipinski definition) is 2. The van der Waals surface area contributed by atoms with Crippen LogP contribution >= 0.6 is 0 Å². The van der Waals surface area contributed by atoms with Gasteiger partial charge >= 0.3 is 6.03 Å². The van der Waals surface area contributed by atoms with Crippen LogP contribution in [0.15, 0.2) is 24.3 Å². The molecule has 1 unspecified atom stereocenters. The Balaban J connectivity index is 1.96. The summed E-state index contributed by atoms with van der Waals surface area (Å²) in [6, 6.07) is 4.89. The van der Waals surface area contributed by atoms with E-state index in [4.69, 9.17) is 11.1 Å². The molecule has 5 nitrogen and oxygen atoms in total. The SMILES string of the molecule is N=C(N)C(NC(=O)Nc1ccccc1F)C1CC1. The molecule has 2 rings (SSSR count). The monoisotopic (exact) mass is 250 g/mol. The zero-order valence-electron chi connectivity index (χ0n) is 9.74. The average molecular weight is 250 g/mol. The number of hydrogen-bond donors (Lipinski definition) is 4. The van der Waals surface area contributed by atoms with Gasteiger partial charge in [0.2, 0.25) is 0 Å². The average Bonchev–Trinajstić information content (AvgIpc) is 3.13. The van der Waals surface area contributed by atoms with Crippen molar-refractivity contribution in [1.82, 2.24) is 5.32 Å². The summed E-state index contributed by atoms with van der Waals surface area (Å²) >= 11 is 0. The molecule has 1 aromatic carbocycles. The van der Waals surface area contributed by atoms with Gasteiger partial charge in [0.25, 0.3) is 0 Å². The zero-order chi connectivity index (χ0) is 13.1. The van der Waals surface area contributed by atoms with Crippen LogP contribution in [-0.2, 0) is 0 Å². The van der Waals surface area contributed by atoms with Gasteiger partial charge < -0.3 is 16.4 Å². The van der Waals surface area contributed by atoms with E-state index in [-0.39, 0.29) is 17.4 Å². The Morgan fingerprint density at radius 2 is 2.11 bits per heavy atom. The van der Waals surface area contributed by atoms with E-state index in [9.17, 15) is 9.18 Å². The quantitative estimate of drug-likeness (QED) is 0.483. The minimum Gasteiger partial charge on any atom is -0.386 e. The number of amidine groups is 1. The third kappa shape index (κ3) is 2.97. The van der Waals surface area contributed by atoms with E-state index in [1.165, 1.54) is 12.1 Å². The number of benzene rings is 1. The molecular weight excluding hydrogens is 235 g/mol. The Morgan fingerprint density at radius 3 is 2.67 bits per heavy atom. The molecule has 18 heavy (non-hydrogen) atoms. The second kappa shape index (κ2) is 5.03. The number of amides is 2. The minimum atomic E-state index is -0.549. The van der Waals surface area contributed by atoms with Gasteiger partial charge in [0.1, 0.15) is 11.7 Å². The Hall–Kier alpha value is -2.11. The molecule has 2 amide bonds. The lowest BCUT2D eigenvalue weighted by Crippen LogP contribution is -2.47. The third-order valence-electron chi connectivity index (χ3n) is 2.84. The summed E-state index contributed by atoms with van der Waals surface area (Å²) in [6.07, 6.45) is 1.90. The fourth-order valence-electron chi connectivity index (χ4n) is 1.74. The van der Waals surface area contributed by atoms with Crippen molar-refractivity contribution in [2.24, 2.45) is 11.7 Å². The second-order valence-corrected chi connectivity index (χ2v) is 4.35. The number of nitrogens with one attached hydrogen (secondary N) is 3. The second-order valence-electron chi connectivity index (χ2n) is 4.35. The maximum absolute atomic E-state index is 13.3. The summed E-state index contributed by atoms with van der Waals surface area (Å²) < 4.78 is 13.3. The standard InChI is InChI=1S/C12H15FN4O/c13-8-3-1-2-4-9(8)16-12(18)17-10(11(14)15)7-5-6-7/h1-4,7,10H,5-6H2,(H3,14,15)(H2,16,17,18). The van der Waals surface area contributed by atoms with E-state index in [1.54, 1.807) is 12.1 Å². The Labute approximate surface area is 104 Å². The first kappa shape index (κ1) is 12.3. The molecule has 1 aromatic rings. The molecule has 1 aliphatic rings.